The van der Waals surface area contributed by atoms with E-state index >= 15 is 0 Å². The van der Waals surface area contributed by atoms with Crippen LogP contribution >= 0.6 is 0 Å². The Bertz CT molecular complexity index is 1210. The molecule has 172 valence electrons. The predicted molar refractivity (Wildman–Crippen MR) is 121 cm³/mol. The fraction of sp³-hybridized carbons (Fsp3) is 0.292. The minimum Gasteiger partial charge on any atom is -0.454 e. The third-order valence-electron chi connectivity index (χ3n) is 6.00. The highest BCUT2D eigenvalue weighted by Crippen LogP contribution is 2.39. The molecule has 0 unspecified atom stereocenters. The van der Waals surface area contributed by atoms with Crippen LogP contribution in [0.4, 0.5) is 10.1 Å². The maximum Gasteiger partial charge on any atom is 0.264 e. The molecule has 5 rings (SSSR count). The number of hydrogen-bond acceptors (Lipinski definition) is 6. The van der Waals surface area contributed by atoms with Gasteiger partial charge in [0.1, 0.15) is 5.82 Å². The monoisotopic (exact) mass is 469 g/mol. The number of ether oxygens (including phenoxy) is 2. The Hall–Kier alpha value is -3.17. The van der Waals surface area contributed by atoms with Gasteiger partial charge in [0.25, 0.3) is 10.0 Å². The number of nitrogens with zero attached hydrogens (tertiary/aromatic N) is 3. The van der Waals surface area contributed by atoms with E-state index in [0.29, 0.717) is 30.0 Å². The molecule has 1 saturated heterocycles. The molecule has 1 aromatic heterocycles. The summed E-state index contributed by atoms with van der Waals surface area (Å²) in [4.78, 5) is 6.53. The zero-order valence-electron chi connectivity index (χ0n) is 17.9. The number of sulfonamides is 1. The lowest BCUT2D eigenvalue weighted by molar-refractivity contribution is 0.174. The first-order valence-corrected chi connectivity index (χ1v) is 12.3. The van der Waals surface area contributed by atoms with Gasteiger partial charge in [-0.3, -0.25) is 14.2 Å². The summed E-state index contributed by atoms with van der Waals surface area (Å²) >= 11 is 0. The SMILES string of the molecule is O=S(=O)(c1ccc(F)cc1)N(c1ccc2c(c1)OCO2)C1CCN(Cc2cccnc2)CC1. The van der Waals surface area contributed by atoms with E-state index in [1.165, 1.54) is 28.6 Å². The molecule has 0 spiro atoms. The van der Waals surface area contributed by atoms with Crippen LogP contribution in [0.25, 0.3) is 0 Å². The van der Waals surface area contributed by atoms with Crippen LogP contribution in [0, 0.1) is 5.82 Å². The molecular weight excluding hydrogens is 445 g/mol. The molecule has 0 amide bonds. The second-order valence-corrected chi connectivity index (χ2v) is 9.98. The van der Waals surface area contributed by atoms with E-state index in [1.807, 2.05) is 18.3 Å². The van der Waals surface area contributed by atoms with Gasteiger partial charge in [-0.25, -0.2) is 12.8 Å². The van der Waals surface area contributed by atoms with Crippen molar-refractivity contribution in [3.8, 4) is 11.5 Å². The van der Waals surface area contributed by atoms with Crippen molar-refractivity contribution < 1.29 is 22.3 Å². The minimum absolute atomic E-state index is 0.0550. The van der Waals surface area contributed by atoms with Crippen molar-refractivity contribution in [3.63, 3.8) is 0 Å². The number of benzene rings is 2. The number of aromatic nitrogens is 1. The summed E-state index contributed by atoms with van der Waals surface area (Å²) in [7, 11) is -3.92. The maximum atomic E-state index is 13.7. The number of rotatable bonds is 6. The Balaban J connectivity index is 1.43. The summed E-state index contributed by atoms with van der Waals surface area (Å²) in [5, 5.41) is 0. The number of pyridine rings is 1. The molecule has 1 fully saturated rings. The zero-order chi connectivity index (χ0) is 22.8. The quantitative estimate of drug-likeness (QED) is 0.547. The molecule has 0 bridgehead atoms. The van der Waals surface area contributed by atoms with Crippen LogP contribution in [-0.2, 0) is 16.6 Å². The molecule has 3 aromatic rings. The summed E-state index contributed by atoms with van der Waals surface area (Å²) in [6.07, 6.45) is 4.92. The second kappa shape index (κ2) is 8.99. The van der Waals surface area contributed by atoms with Gasteiger partial charge >= 0.3 is 0 Å². The smallest absolute Gasteiger partial charge is 0.264 e. The van der Waals surface area contributed by atoms with Gasteiger partial charge in [-0.15, -0.1) is 0 Å². The summed E-state index contributed by atoms with van der Waals surface area (Å²) < 4.78 is 53.3. The van der Waals surface area contributed by atoms with Gasteiger partial charge in [0.15, 0.2) is 11.5 Å². The predicted octanol–water partition coefficient (Wildman–Crippen LogP) is 3.81. The Morgan fingerprint density at radius 2 is 1.79 bits per heavy atom. The Labute approximate surface area is 192 Å². The van der Waals surface area contributed by atoms with Crippen molar-refractivity contribution in [1.29, 1.82) is 0 Å². The van der Waals surface area contributed by atoms with Crippen LogP contribution in [0.1, 0.15) is 18.4 Å². The highest BCUT2D eigenvalue weighted by molar-refractivity contribution is 7.92. The zero-order valence-corrected chi connectivity index (χ0v) is 18.7. The third-order valence-corrected chi connectivity index (χ3v) is 7.89. The fourth-order valence-corrected chi connectivity index (χ4v) is 6.05. The van der Waals surface area contributed by atoms with E-state index < -0.39 is 15.8 Å². The van der Waals surface area contributed by atoms with Gasteiger partial charge in [-0.1, -0.05) is 6.07 Å². The van der Waals surface area contributed by atoms with E-state index in [1.54, 1.807) is 24.4 Å². The number of likely N-dealkylation sites (tertiary alicyclic amines) is 1. The fourth-order valence-electron chi connectivity index (χ4n) is 4.35. The minimum atomic E-state index is -3.92. The highest BCUT2D eigenvalue weighted by atomic mass is 32.2. The van der Waals surface area contributed by atoms with Crippen molar-refractivity contribution in [2.24, 2.45) is 0 Å². The average Bonchev–Trinajstić information content (AvgIpc) is 3.29. The highest BCUT2D eigenvalue weighted by Gasteiger charge is 2.35. The number of piperidine rings is 1. The number of fused-ring (bicyclic) bond motifs is 1. The lowest BCUT2D eigenvalue weighted by atomic mass is 10.0. The van der Waals surface area contributed by atoms with Crippen LogP contribution in [0.2, 0.25) is 0 Å². The van der Waals surface area contributed by atoms with Gasteiger partial charge in [0.2, 0.25) is 6.79 Å². The third kappa shape index (κ3) is 4.51. The van der Waals surface area contributed by atoms with Gasteiger partial charge < -0.3 is 9.47 Å². The van der Waals surface area contributed by atoms with Crippen molar-refractivity contribution in [2.75, 3.05) is 24.2 Å². The first kappa shape index (κ1) is 21.7. The largest absolute Gasteiger partial charge is 0.454 e. The second-order valence-electron chi connectivity index (χ2n) is 8.16. The Kier molecular flexibility index (Phi) is 5.90. The molecule has 3 heterocycles. The first-order chi connectivity index (χ1) is 16.0. The molecule has 0 N–H and O–H groups in total. The van der Waals surface area contributed by atoms with Crippen molar-refractivity contribution >= 4 is 15.7 Å². The van der Waals surface area contributed by atoms with Crippen LogP contribution in [-0.4, -0.2) is 44.2 Å². The molecule has 33 heavy (non-hydrogen) atoms. The standard InChI is InChI=1S/C24H24FN3O4S/c25-19-3-6-22(7-4-19)33(29,30)28(21-5-8-23-24(14-21)32-17-31-23)20-9-12-27(13-10-20)16-18-2-1-11-26-15-18/h1-8,11,14-15,20H,9-10,12-13,16-17H2. The van der Waals surface area contributed by atoms with Crippen molar-refractivity contribution in [3.05, 3.63) is 78.4 Å². The topological polar surface area (TPSA) is 72.0 Å². The van der Waals surface area contributed by atoms with Gasteiger partial charge in [-0.05, 0) is 60.9 Å². The summed E-state index contributed by atoms with van der Waals surface area (Å²) in [5.74, 6) is 0.622. The normalized spacial score (nSPS) is 16.6. The number of anilines is 1. The molecule has 9 heteroatoms. The van der Waals surface area contributed by atoms with Crippen LogP contribution in [0.15, 0.2) is 71.9 Å². The molecule has 7 nitrogen and oxygen atoms in total. The molecule has 0 radical (unpaired) electrons. The number of hydrogen-bond donors (Lipinski definition) is 0. The van der Waals surface area contributed by atoms with E-state index in [0.717, 1.165) is 25.2 Å². The van der Waals surface area contributed by atoms with Crippen molar-refractivity contribution in [2.45, 2.75) is 30.3 Å². The summed E-state index contributed by atoms with van der Waals surface area (Å²) in [6.45, 7) is 2.38. The first-order valence-electron chi connectivity index (χ1n) is 10.8. The van der Waals surface area contributed by atoms with Crippen LogP contribution < -0.4 is 13.8 Å². The van der Waals surface area contributed by atoms with Gasteiger partial charge in [0.05, 0.1) is 10.6 Å². The lowest BCUT2D eigenvalue weighted by Gasteiger charge is -2.39. The number of halogens is 1. The van der Waals surface area contributed by atoms with Crippen LogP contribution in [0.3, 0.4) is 0 Å². The van der Waals surface area contributed by atoms with Crippen LogP contribution in [0.5, 0.6) is 11.5 Å². The molecule has 2 aliphatic rings. The maximum absolute atomic E-state index is 13.7. The van der Waals surface area contributed by atoms with E-state index in [4.69, 9.17) is 9.47 Å². The van der Waals surface area contributed by atoms with Crippen molar-refractivity contribution in [1.82, 2.24) is 9.88 Å². The average molecular weight is 470 g/mol. The van der Waals surface area contributed by atoms with Gasteiger partial charge in [0, 0.05) is 44.1 Å². The van der Waals surface area contributed by atoms with Gasteiger partial charge in [-0.2, -0.15) is 0 Å². The Morgan fingerprint density at radius 3 is 2.52 bits per heavy atom. The van der Waals surface area contributed by atoms with E-state index in [2.05, 4.69) is 9.88 Å². The molecule has 0 atom stereocenters. The molecule has 0 saturated carbocycles. The summed E-state index contributed by atoms with van der Waals surface area (Å²) in [5.41, 5.74) is 1.64. The van der Waals surface area contributed by atoms with E-state index in [-0.39, 0.29) is 17.7 Å². The Morgan fingerprint density at radius 1 is 1.03 bits per heavy atom. The molecule has 0 aliphatic carbocycles. The molecular formula is C24H24FN3O4S. The van der Waals surface area contributed by atoms with E-state index in [9.17, 15) is 12.8 Å². The molecule has 2 aromatic carbocycles. The summed E-state index contributed by atoms with van der Waals surface area (Å²) in [6, 6.07) is 13.8. The lowest BCUT2D eigenvalue weighted by Crippen LogP contribution is -2.47. The molecule has 2 aliphatic heterocycles.